The maximum Gasteiger partial charge on any atom is 0.253 e. The van der Waals surface area contributed by atoms with Gasteiger partial charge in [-0.05, 0) is 41.8 Å². The maximum absolute atomic E-state index is 12.4. The Bertz CT molecular complexity index is 942. The molecule has 0 spiro atoms. The number of benzene rings is 1. The molecule has 0 atom stereocenters. The molecule has 0 aliphatic heterocycles. The summed E-state index contributed by atoms with van der Waals surface area (Å²) < 4.78 is 0. The van der Waals surface area contributed by atoms with E-state index >= 15 is 0 Å². The third-order valence-electron chi connectivity index (χ3n) is 4.17. The zero-order valence-electron chi connectivity index (χ0n) is 15.0. The van der Waals surface area contributed by atoms with Gasteiger partial charge in [-0.3, -0.25) is 19.6 Å². The summed E-state index contributed by atoms with van der Waals surface area (Å²) in [5, 5.41) is 5.67. The summed E-state index contributed by atoms with van der Waals surface area (Å²) in [6.45, 7) is 2.80. The Morgan fingerprint density at radius 2 is 1.48 bits per heavy atom. The van der Waals surface area contributed by atoms with E-state index in [0.29, 0.717) is 24.2 Å². The number of aryl methyl sites for hydroxylation is 1. The molecule has 136 valence electrons. The summed E-state index contributed by atoms with van der Waals surface area (Å²) in [5.74, 6) is -0.553. The molecule has 0 aliphatic rings. The van der Waals surface area contributed by atoms with E-state index in [1.807, 2.05) is 43.3 Å². The van der Waals surface area contributed by atoms with Gasteiger partial charge >= 0.3 is 0 Å². The second kappa shape index (κ2) is 8.71. The number of rotatable bonds is 6. The third-order valence-corrected chi connectivity index (χ3v) is 4.17. The first-order valence-electron chi connectivity index (χ1n) is 8.58. The Labute approximate surface area is 157 Å². The highest BCUT2D eigenvalue weighted by Crippen LogP contribution is 2.08. The number of aromatic nitrogens is 2. The van der Waals surface area contributed by atoms with Gasteiger partial charge in [0.05, 0.1) is 11.1 Å². The van der Waals surface area contributed by atoms with Crippen LogP contribution in [0.15, 0.2) is 67.3 Å². The first-order valence-corrected chi connectivity index (χ1v) is 8.58. The number of nitrogens with one attached hydrogen (secondary N) is 2. The number of nitrogens with zero attached hydrogens (tertiary/aromatic N) is 2. The predicted octanol–water partition coefficient (Wildman–Crippen LogP) is 2.65. The van der Waals surface area contributed by atoms with Gasteiger partial charge in [-0.2, -0.15) is 0 Å². The van der Waals surface area contributed by atoms with Gasteiger partial charge in [0.25, 0.3) is 11.8 Å². The molecule has 2 amide bonds. The van der Waals surface area contributed by atoms with E-state index in [0.717, 1.165) is 16.7 Å². The Balaban J connectivity index is 1.61. The zero-order valence-corrected chi connectivity index (χ0v) is 15.0. The lowest BCUT2D eigenvalue weighted by atomic mass is 10.1. The van der Waals surface area contributed by atoms with Crippen LogP contribution in [0.2, 0.25) is 0 Å². The molecule has 0 aliphatic carbocycles. The number of hydrogen-bond donors (Lipinski definition) is 2. The van der Waals surface area contributed by atoms with Crippen molar-refractivity contribution in [3.05, 3.63) is 95.1 Å². The minimum absolute atomic E-state index is 0.269. The fourth-order valence-electron chi connectivity index (χ4n) is 2.56. The Kier molecular flexibility index (Phi) is 5.89. The average Bonchev–Trinajstić information content (AvgIpc) is 2.72. The summed E-state index contributed by atoms with van der Waals surface area (Å²) in [6.07, 6.45) is 6.23. The molecule has 0 saturated carbocycles. The maximum atomic E-state index is 12.4. The second-order valence-electron chi connectivity index (χ2n) is 6.11. The Morgan fingerprint density at radius 1 is 0.852 bits per heavy atom. The lowest BCUT2D eigenvalue weighted by molar-refractivity contribution is 0.0950. The largest absolute Gasteiger partial charge is 0.348 e. The van der Waals surface area contributed by atoms with Gasteiger partial charge in [0.2, 0.25) is 0 Å². The molecule has 3 aromatic rings. The molecule has 3 rings (SSSR count). The van der Waals surface area contributed by atoms with Crippen molar-refractivity contribution in [1.29, 1.82) is 0 Å². The fraction of sp³-hybridized carbons (Fsp3) is 0.143. The van der Waals surface area contributed by atoms with Crippen LogP contribution in [0.4, 0.5) is 0 Å². The highest BCUT2D eigenvalue weighted by molar-refractivity contribution is 5.99. The van der Waals surface area contributed by atoms with E-state index < -0.39 is 0 Å². The van der Waals surface area contributed by atoms with Gasteiger partial charge in [0.1, 0.15) is 0 Å². The highest BCUT2D eigenvalue weighted by atomic mass is 16.2. The molecule has 2 N–H and O–H groups in total. The van der Waals surface area contributed by atoms with E-state index in [1.165, 1.54) is 12.4 Å². The van der Waals surface area contributed by atoms with Crippen molar-refractivity contribution >= 4 is 11.8 Å². The molecule has 0 radical (unpaired) electrons. The molecular weight excluding hydrogens is 340 g/mol. The quantitative estimate of drug-likeness (QED) is 0.708. The zero-order chi connectivity index (χ0) is 19.1. The first kappa shape index (κ1) is 18.3. The van der Waals surface area contributed by atoms with Crippen LogP contribution in [0.3, 0.4) is 0 Å². The standard InChI is InChI=1S/C21H20N4O2/c1-15-4-2-3-5-17(15)14-25-21(27)19-10-18(12-23-13-19)20(26)24-11-16-6-8-22-9-7-16/h2-10,12-13H,11,14H2,1H3,(H,24,26)(H,25,27). The summed E-state index contributed by atoms with van der Waals surface area (Å²) in [6, 6.07) is 13.1. The molecule has 2 heterocycles. The normalized spacial score (nSPS) is 10.3. The van der Waals surface area contributed by atoms with Crippen LogP contribution in [-0.4, -0.2) is 21.8 Å². The van der Waals surface area contributed by atoms with Gasteiger partial charge in [0, 0.05) is 37.9 Å². The predicted molar refractivity (Wildman–Crippen MR) is 102 cm³/mol. The van der Waals surface area contributed by atoms with Crippen molar-refractivity contribution in [2.75, 3.05) is 0 Å². The number of amides is 2. The fourth-order valence-corrected chi connectivity index (χ4v) is 2.56. The van der Waals surface area contributed by atoms with Crippen molar-refractivity contribution < 1.29 is 9.59 Å². The van der Waals surface area contributed by atoms with Crippen molar-refractivity contribution in [2.45, 2.75) is 20.0 Å². The Hall–Kier alpha value is -3.54. The van der Waals surface area contributed by atoms with E-state index in [4.69, 9.17) is 0 Å². The van der Waals surface area contributed by atoms with E-state index in [2.05, 4.69) is 20.6 Å². The SMILES string of the molecule is Cc1ccccc1CNC(=O)c1cncc(C(=O)NCc2ccncc2)c1. The minimum atomic E-state index is -0.284. The van der Waals surface area contributed by atoms with Crippen molar-refractivity contribution in [2.24, 2.45) is 0 Å². The number of carbonyl (C=O) groups excluding carboxylic acids is 2. The van der Waals surface area contributed by atoms with E-state index in [-0.39, 0.29) is 11.8 Å². The molecule has 0 saturated heterocycles. The number of pyridine rings is 2. The van der Waals surface area contributed by atoms with Crippen LogP contribution in [0.1, 0.15) is 37.4 Å². The molecule has 1 aromatic carbocycles. The summed E-state index contributed by atoms with van der Waals surface area (Å²) in [7, 11) is 0. The second-order valence-corrected chi connectivity index (χ2v) is 6.11. The van der Waals surface area contributed by atoms with Gasteiger partial charge < -0.3 is 10.6 Å². The molecule has 2 aromatic heterocycles. The van der Waals surface area contributed by atoms with Crippen molar-refractivity contribution in [1.82, 2.24) is 20.6 Å². The average molecular weight is 360 g/mol. The lowest BCUT2D eigenvalue weighted by Crippen LogP contribution is -2.26. The van der Waals surface area contributed by atoms with E-state index in [9.17, 15) is 9.59 Å². The van der Waals surface area contributed by atoms with Crippen LogP contribution in [-0.2, 0) is 13.1 Å². The van der Waals surface area contributed by atoms with Crippen molar-refractivity contribution in [3.63, 3.8) is 0 Å². The Morgan fingerprint density at radius 3 is 2.15 bits per heavy atom. The summed E-state index contributed by atoms with van der Waals surface area (Å²) in [5.41, 5.74) is 3.79. The van der Waals surface area contributed by atoms with Crippen molar-refractivity contribution in [3.8, 4) is 0 Å². The smallest absolute Gasteiger partial charge is 0.253 e. The van der Waals surface area contributed by atoms with Crippen LogP contribution in [0.5, 0.6) is 0 Å². The van der Waals surface area contributed by atoms with Gasteiger partial charge in [-0.1, -0.05) is 24.3 Å². The molecule has 0 bridgehead atoms. The molecule has 27 heavy (non-hydrogen) atoms. The molecular formula is C21H20N4O2. The van der Waals surface area contributed by atoms with Crippen LogP contribution < -0.4 is 10.6 Å². The number of carbonyl (C=O) groups is 2. The molecule has 0 fully saturated rings. The van der Waals surface area contributed by atoms with Crippen LogP contribution >= 0.6 is 0 Å². The monoisotopic (exact) mass is 360 g/mol. The lowest BCUT2D eigenvalue weighted by Gasteiger charge is -2.09. The molecule has 6 heteroatoms. The third kappa shape index (κ3) is 4.98. The molecule has 0 unspecified atom stereocenters. The van der Waals surface area contributed by atoms with E-state index in [1.54, 1.807) is 18.5 Å². The van der Waals surface area contributed by atoms with Gasteiger partial charge in [-0.15, -0.1) is 0 Å². The topological polar surface area (TPSA) is 84.0 Å². The first-order chi connectivity index (χ1) is 13.1. The number of hydrogen-bond acceptors (Lipinski definition) is 4. The van der Waals surface area contributed by atoms with Gasteiger partial charge in [-0.25, -0.2) is 0 Å². The summed E-state index contributed by atoms with van der Waals surface area (Å²) in [4.78, 5) is 32.7. The van der Waals surface area contributed by atoms with Gasteiger partial charge in [0.15, 0.2) is 0 Å². The summed E-state index contributed by atoms with van der Waals surface area (Å²) >= 11 is 0. The van der Waals surface area contributed by atoms with Crippen LogP contribution in [0.25, 0.3) is 0 Å². The minimum Gasteiger partial charge on any atom is -0.348 e. The van der Waals surface area contributed by atoms with Crippen LogP contribution in [0, 0.1) is 6.92 Å². The molecule has 6 nitrogen and oxygen atoms in total. The highest BCUT2D eigenvalue weighted by Gasteiger charge is 2.11.